The van der Waals surface area contributed by atoms with Crippen LogP contribution in [0.5, 0.6) is 0 Å². The van der Waals surface area contributed by atoms with Crippen molar-refractivity contribution < 1.29 is 4.74 Å². The van der Waals surface area contributed by atoms with Gasteiger partial charge >= 0.3 is 0 Å². The minimum atomic E-state index is 0.549. The molecule has 0 aliphatic carbocycles. The summed E-state index contributed by atoms with van der Waals surface area (Å²) < 4.78 is 5.56. The summed E-state index contributed by atoms with van der Waals surface area (Å²) in [4.78, 5) is 5.37. The first-order valence-corrected chi connectivity index (χ1v) is 7.64. The molecule has 18 heavy (non-hydrogen) atoms. The third-order valence-corrected chi connectivity index (χ3v) is 5.05. The summed E-state index contributed by atoms with van der Waals surface area (Å²) in [5.41, 5.74) is 6.06. The fraction of sp³-hybridized carbons (Fsp3) is 1.00. The van der Waals surface area contributed by atoms with Crippen LogP contribution >= 0.6 is 0 Å². The summed E-state index contributed by atoms with van der Waals surface area (Å²) >= 11 is 0. The Morgan fingerprint density at radius 1 is 1.17 bits per heavy atom. The lowest BCUT2D eigenvalue weighted by molar-refractivity contribution is 0.114. The molecule has 0 saturated carbocycles. The summed E-state index contributed by atoms with van der Waals surface area (Å²) in [6.07, 6.45) is 5.28. The van der Waals surface area contributed by atoms with Crippen LogP contribution in [0.2, 0.25) is 0 Å². The molecular weight excluding hydrogens is 226 g/mol. The van der Waals surface area contributed by atoms with Crippen molar-refractivity contribution in [1.29, 1.82) is 0 Å². The van der Waals surface area contributed by atoms with E-state index in [-0.39, 0.29) is 0 Å². The summed E-state index contributed by atoms with van der Waals surface area (Å²) in [5, 5.41) is 0. The molecule has 0 bridgehead atoms. The van der Waals surface area contributed by atoms with Crippen LogP contribution in [0.15, 0.2) is 0 Å². The number of nitrogens with zero attached hydrogens (tertiary/aromatic N) is 2. The van der Waals surface area contributed by atoms with Gasteiger partial charge in [0.15, 0.2) is 0 Å². The van der Waals surface area contributed by atoms with Crippen molar-refractivity contribution >= 4 is 0 Å². The lowest BCUT2D eigenvalue weighted by atomic mass is 9.96. The van der Waals surface area contributed by atoms with Gasteiger partial charge in [0, 0.05) is 37.7 Å². The minimum Gasteiger partial charge on any atom is -0.381 e. The van der Waals surface area contributed by atoms with E-state index in [0.717, 1.165) is 25.8 Å². The van der Waals surface area contributed by atoms with Crippen LogP contribution in [0.3, 0.4) is 0 Å². The lowest BCUT2D eigenvalue weighted by Gasteiger charge is -2.35. The van der Waals surface area contributed by atoms with Crippen LogP contribution in [-0.2, 0) is 4.74 Å². The van der Waals surface area contributed by atoms with E-state index in [4.69, 9.17) is 10.5 Å². The van der Waals surface area contributed by atoms with Crippen LogP contribution < -0.4 is 5.73 Å². The van der Waals surface area contributed by atoms with E-state index in [2.05, 4.69) is 9.80 Å². The van der Waals surface area contributed by atoms with Gasteiger partial charge in [-0.15, -0.1) is 0 Å². The summed E-state index contributed by atoms with van der Waals surface area (Å²) in [5.74, 6) is 0.669. The Labute approximate surface area is 110 Å². The zero-order valence-electron chi connectivity index (χ0n) is 11.4. The lowest BCUT2D eigenvalue weighted by Crippen LogP contribution is -2.49. The fourth-order valence-electron chi connectivity index (χ4n) is 4.03. The number of hydrogen-bond acceptors (Lipinski definition) is 4. The van der Waals surface area contributed by atoms with Crippen LogP contribution in [0.1, 0.15) is 25.7 Å². The van der Waals surface area contributed by atoms with E-state index in [1.807, 2.05) is 0 Å². The number of fused-ring (bicyclic) bond motifs is 1. The minimum absolute atomic E-state index is 0.549. The zero-order valence-corrected chi connectivity index (χ0v) is 11.4. The van der Waals surface area contributed by atoms with Crippen LogP contribution in [0.4, 0.5) is 0 Å². The molecule has 3 saturated heterocycles. The largest absolute Gasteiger partial charge is 0.381 e. The van der Waals surface area contributed by atoms with Crippen LogP contribution in [0.25, 0.3) is 0 Å². The van der Waals surface area contributed by atoms with Crippen molar-refractivity contribution in [3.63, 3.8) is 0 Å². The quantitative estimate of drug-likeness (QED) is 0.796. The predicted octanol–water partition coefficient (Wildman–Crippen LogP) is 0.520. The van der Waals surface area contributed by atoms with Gasteiger partial charge in [0.25, 0.3) is 0 Å². The first-order chi connectivity index (χ1) is 8.88. The van der Waals surface area contributed by atoms with Crippen molar-refractivity contribution in [2.75, 3.05) is 45.9 Å². The van der Waals surface area contributed by atoms with Gasteiger partial charge in [-0.3, -0.25) is 9.80 Å². The van der Waals surface area contributed by atoms with E-state index >= 15 is 0 Å². The third kappa shape index (κ3) is 2.57. The Balaban J connectivity index is 1.65. The SMILES string of the molecule is NCC(C1CCOC1)N1CCCN2CCCC2C1. The molecule has 2 N–H and O–H groups in total. The van der Waals surface area contributed by atoms with Crippen LogP contribution in [0, 0.1) is 5.92 Å². The van der Waals surface area contributed by atoms with Gasteiger partial charge < -0.3 is 10.5 Å². The first-order valence-electron chi connectivity index (χ1n) is 7.64. The number of rotatable bonds is 3. The zero-order chi connectivity index (χ0) is 12.4. The van der Waals surface area contributed by atoms with Gasteiger partial charge in [-0.2, -0.15) is 0 Å². The molecule has 3 unspecified atom stereocenters. The van der Waals surface area contributed by atoms with Gasteiger partial charge in [0.05, 0.1) is 6.61 Å². The van der Waals surface area contributed by atoms with E-state index in [1.165, 1.54) is 51.9 Å². The summed E-state index contributed by atoms with van der Waals surface area (Å²) in [7, 11) is 0. The fourth-order valence-corrected chi connectivity index (χ4v) is 4.03. The molecular formula is C14H27N3O. The molecule has 0 aromatic carbocycles. The van der Waals surface area contributed by atoms with Crippen molar-refractivity contribution in [3.05, 3.63) is 0 Å². The maximum atomic E-state index is 6.06. The highest BCUT2D eigenvalue weighted by Crippen LogP contribution is 2.26. The molecule has 3 aliphatic rings. The Hall–Kier alpha value is -0.160. The Morgan fingerprint density at radius 2 is 2.06 bits per heavy atom. The third-order valence-electron chi connectivity index (χ3n) is 5.05. The Bertz CT molecular complexity index is 268. The monoisotopic (exact) mass is 253 g/mol. The average molecular weight is 253 g/mol. The second-order valence-corrected chi connectivity index (χ2v) is 6.11. The standard InChI is InChI=1S/C14H27N3O/c15-9-14(12-4-8-18-11-12)17-7-2-6-16-5-1-3-13(16)10-17/h12-14H,1-11,15H2. The van der Waals surface area contributed by atoms with E-state index in [9.17, 15) is 0 Å². The average Bonchev–Trinajstić information content (AvgIpc) is 3.00. The maximum absolute atomic E-state index is 6.06. The van der Waals surface area contributed by atoms with Gasteiger partial charge in [-0.1, -0.05) is 0 Å². The Morgan fingerprint density at radius 3 is 2.83 bits per heavy atom. The molecule has 3 rings (SSSR count). The molecule has 0 spiro atoms. The van der Waals surface area contributed by atoms with Gasteiger partial charge in [-0.25, -0.2) is 0 Å². The number of hydrogen-bond donors (Lipinski definition) is 1. The smallest absolute Gasteiger partial charge is 0.0510 e. The highest BCUT2D eigenvalue weighted by Gasteiger charge is 2.34. The molecule has 0 radical (unpaired) electrons. The molecule has 3 heterocycles. The predicted molar refractivity (Wildman–Crippen MR) is 72.6 cm³/mol. The normalized spacial score (nSPS) is 36.5. The molecule has 104 valence electrons. The highest BCUT2D eigenvalue weighted by atomic mass is 16.5. The molecule has 0 aromatic heterocycles. The van der Waals surface area contributed by atoms with Crippen molar-refractivity contribution in [2.45, 2.75) is 37.8 Å². The second-order valence-electron chi connectivity index (χ2n) is 6.11. The van der Waals surface area contributed by atoms with E-state index in [1.54, 1.807) is 0 Å². The van der Waals surface area contributed by atoms with Crippen molar-refractivity contribution in [1.82, 2.24) is 9.80 Å². The number of ether oxygens (including phenoxy) is 1. The van der Waals surface area contributed by atoms with Crippen LogP contribution in [-0.4, -0.2) is 67.8 Å². The molecule has 4 nitrogen and oxygen atoms in total. The second kappa shape index (κ2) is 5.87. The summed E-state index contributed by atoms with van der Waals surface area (Å²) in [6.45, 7) is 7.72. The Kier molecular flexibility index (Phi) is 4.19. The highest BCUT2D eigenvalue weighted by molar-refractivity contribution is 4.90. The van der Waals surface area contributed by atoms with E-state index in [0.29, 0.717) is 12.0 Å². The topological polar surface area (TPSA) is 41.7 Å². The molecule has 0 amide bonds. The van der Waals surface area contributed by atoms with Crippen molar-refractivity contribution in [3.8, 4) is 0 Å². The molecule has 3 aliphatic heterocycles. The number of nitrogens with two attached hydrogens (primary N) is 1. The molecule has 0 aromatic rings. The van der Waals surface area contributed by atoms with E-state index < -0.39 is 0 Å². The summed E-state index contributed by atoms with van der Waals surface area (Å²) in [6, 6.07) is 1.34. The molecule has 3 atom stereocenters. The maximum Gasteiger partial charge on any atom is 0.0510 e. The van der Waals surface area contributed by atoms with Gasteiger partial charge in [0.2, 0.25) is 0 Å². The van der Waals surface area contributed by atoms with Crippen molar-refractivity contribution in [2.24, 2.45) is 11.7 Å². The first kappa shape index (κ1) is 12.9. The van der Waals surface area contributed by atoms with Gasteiger partial charge in [0.1, 0.15) is 0 Å². The van der Waals surface area contributed by atoms with Gasteiger partial charge in [-0.05, 0) is 45.3 Å². The molecule has 3 fully saturated rings. The molecule has 4 heteroatoms.